The Bertz CT molecular complexity index is 310. The van der Waals surface area contributed by atoms with Crippen LogP contribution in [0.2, 0.25) is 0 Å². The first kappa shape index (κ1) is 9.77. The number of nitrogens with one attached hydrogen (secondary N) is 1. The molecule has 1 aromatic heterocycles. The Kier molecular flexibility index (Phi) is 2.40. The maximum absolute atomic E-state index is 11.2. The van der Waals surface area contributed by atoms with Gasteiger partial charge in [-0.1, -0.05) is 20.8 Å². The van der Waals surface area contributed by atoms with E-state index in [0.717, 1.165) is 5.69 Å². The SMILES string of the molecule is COC(=O)c1nc[nH]c1C(C)(C)C. The maximum atomic E-state index is 11.2. The summed E-state index contributed by atoms with van der Waals surface area (Å²) in [6.45, 7) is 6.02. The van der Waals surface area contributed by atoms with Crippen molar-refractivity contribution >= 4 is 5.97 Å². The molecule has 4 heteroatoms. The van der Waals surface area contributed by atoms with Crippen molar-refractivity contribution < 1.29 is 9.53 Å². The van der Waals surface area contributed by atoms with Gasteiger partial charge in [0.2, 0.25) is 0 Å². The summed E-state index contributed by atoms with van der Waals surface area (Å²) in [5, 5.41) is 0. The first-order valence-electron chi connectivity index (χ1n) is 4.09. The van der Waals surface area contributed by atoms with Gasteiger partial charge in [-0.25, -0.2) is 9.78 Å². The highest BCUT2D eigenvalue weighted by Crippen LogP contribution is 2.22. The van der Waals surface area contributed by atoms with Gasteiger partial charge in [0.1, 0.15) is 0 Å². The third-order valence-corrected chi connectivity index (χ3v) is 1.77. The van der Waals surface area contributed by atoms with Crippen molar-refractivity contribution in [2.45, 2.75) is 26.2 Å². The molecule has 0 atom stereocenters. The van der Waals surface area contributed by atoms with Gasteiger partial charge in [-0.15, -0.1) is 0 Å². The normalized spacial score (nSPS) is 11.4. The van der Waals surface area contributed by atoms with Crippen molar-refractivity contribution in [2.75, 3.05) is 7.11 Å². The number of carbonyl (C=O) groups excluding carboxylic acids is 1. The van der Waals surface area contributed by atoms with E-state index in [9.17, 15) is 4.79 Å². The van der Waals surface area contributed by atoms with Gasteiger partial charge in [0.25, 0.3) is 0 Å². The predicted molar refractivity (Wildman–Crippen MR) is 48.6 cm³/mol. The first-order chi connectivity index (χ1) is 5.96. The van der Waals surface area contributed by atoms with Crippen LogP contribution in [0.1, 0.15) is 37.0 Å². The van der Waals surface area contributed by atoms with Crippen LogP contribution >= 0.6 is 0 Å². The van der Waals surface area contributed by atoms with Crippen molar-refractivity contribution in [1.82, 2.24) is 9.97 Å². The van der Waals surface area contributed by atoms with E-state index in [0.29, 0.717) is 5.69 Å². The summed E-state index contributed by atoms with van der Waals surface area (Å²) in [6.07, 6.45) is 1.51. The zero-order valence-electron chi connectivity index (χ0n) is 8.34. The Morgan fingerprint density at radius 3 is 2.62 bits per heavy atom. The Morgan fingerprint density at radius 2 is 2.15 bits per heavy atom. The molecule has 0 spiro atoms. The van der Waals surface area contributed by atoms with Crippen molar-refractivity contribution in [2.24, 2.45) is 0 Å². The van der Waals surface area contributed by atoms with Gasteiger partial charge in [0, 0.05) is 5.41 Å². The molecule has 1 heterocycles. The van der Waals surface area contributed by atoms with Crippen LogP contribution in [0.5, 0.6) is 0 Å². The average molecular weight is 182 g/mol. The van der Waals surface area contributed by atoms with E-state index in [1.54, 1.807) is 0 Å². The lowest BCUT2D eigenvalue weighted by molar-refractivity contribution is 0.0591. The van der Waals surface area contributed by atoms with E-state index in [1.165, 1.54) is 13.4 Å². The summed E-state index contributed by atoms with van der Waals surface area (Å²) in [5.74, 6) is -0.397. The zero-order valence-corrected chi connectivity index (χ0v) is 8.34. The Hall–Kier alpha value is -1.32. The topological polar surface area (TPSA) is 55.0 Å². The molecule has 1 rings (SSSR count). The molecule has 0 radical (unpaired) electrons. The third-order valence-electron chi connectivity index (χ3n) is 1.77. The molecule has 0 aliphatic carbocycles. The minimum absolute atomic E-state index is 0.125. The Balaban J connectivity index is 3.10. The predicted octanol–water partition coefficient (Wildman–Crippen LogP) is 1.49. The van der Waals surface area contributed by atoms with E-state index < -0.39 is 5.97 Å². The summed E-state index contributed by atoms with van der Waals surface area (Å²) in [5.41, 5.74) is 1.05. The molecule has 4 nitrogen and oxygen atoms in total. The Morgan fingerprint density at radius 1 is 1.54 bits per heavy atom. The molecule has 0 amide bonds. The molecule has 0 aromatic carbocycles. The number of H-pyrrole nitrogens is 1. The third kappa shape index (κ3) is 1.88. The molecule has 13 heavy (non-hydrogen) atoms. The fraction of sp³-hybridized carbons (Fsp3) is 0.556. The van der Waals surface area contributed by atoms with Gasteiger partial charge >= 0.3 is 5.97 Å². The highest BCUT2D eigenvalue weighted by molar-refractivity contribution is 5.88. The standard InChI is InChI=1S/C9H14N2O2/c1-9(2,3)7-6(8(12)13-4)10-5-11-7/h5H,1-4H3,(H,10,11). The minimum Gasteiger partial charge on any atom is -0.464 e. The summed E-state index contributed by atoms with van der Waals surface area (Å²) >= 11 is 0. The number of ether oxygens (including phenoxy) is 1. The molecule has 0 unspecified atom stereocenters. The molecule has 0 fully saturated rings. The van der Waals surface area contributed by atoms with Crippen LogP contribution in [0.4, 0.5) is 0 Å². The average Bonchev–Trinajstić information content (AvgIpc) is 2.49. The van der Waals surface area contributed by atoms with Crippen LogP contribution < -0.4 is 0 Å². The van der Waals surface area contributed by atoms with Crippen molar-refractivity contribution in [3.05, 3.63) is 17.7 Å². The summed E-state index contributed by atoms with van der Waals surface area (Å²) in [6, 6.07) is 0. The van der Waals surface area contributed by atoms with Gasteiger partial charge in [0.05, 0.1) is 19.1 Å². The van der Waals surface area contributed by atoms with E-state index in [1.807, 2.05) is 20.8 Å². The second-order valence-corrected chi connectivity index (χ2v) is 3.87. The van der Waals surface area contributed by atoms with Gasteiger partial charge in [-0.05, 0) is 0 Å². The number of carbonyl (C=O) groups is 1. The molecule has 1 N–H and O–H groups in total. The fourth-order valence-electron chi connectivity index (χ4n) is 1.12. The van der Waals surface area contributed by atoms with Gasteiger partial charge < -0.3 is 9.72 Å². The van der Waals surface area contributed by atoms with Crippen LogP contribution in [0, 0.1) is 0 Å². The van der Waals surface area contributed by atoms with Crippen LogP contribution in [-0.4, -0.2) is 23.0 Å². The second kappa shape index (κ2) is 3.20. The number of esters is 1. The number of methoxy groups -OCH3 is 1. The van der Waals surface area contributed by atoms with Gasteiger partial charge in [-0.3, -0.25) is 0 Å². The summed E-state index contributed by atoms with van der Waals surface area (Å²) in [4.78, 5) is 18.1. The molecule has 72 valence electrons. The van der Waals surface area contributed by atoms with E-state index in [2.05, 4.69) is 14.7 Å². The fourth-order valence-corrected chi connectivity index (χ4v) is 1.12. The number of aromatic amines is 1. The lowest BCUT2D eigenvalue weighted by Gasteiger charge is -2.17. The maximum Gasteiger partial charge on any atom is 0.358 e. The number of nitrogens with zero attached hydrogens (tertiary/aromatic N) is 1. The molecule has 1 aromatic rings. The molecular formula is C9H14N2O2. The van der Waals surface area contributed by atoms with Crippen LogP contribution in [0.25, 0.3) is 0 Å². The second-order valence-electron chi connectivity index (χ2n) is 3.87. The highest BCUT2D eigenvalue weighted by Gasteiger charge is 2.24. The quantitative estimate of drug-likeness (QED) is 0.669. The monoisotopic (exact) mass is 182 g/mol. The van der Waals surface area contributed by atoms with E-state index in [4.69, 9.17) is 0 Å². The first-order valence-corrected chi connectivity index (χ1v) is 4.09. The minimum atomic E-state index is -0.397. The number of rotatable bonds is 1. The van der Waals surface area contributed by atoms with E-state index >= 15 is 0 Å². The lowest BCUT2D eigenvalue weighted by atomic mass is 9.91. The molecule has 0 bridgehead atoms. The number of hydrogen-bond donors (Lipinski definition) is 1. The lowest BCUT2D eigenvalue weighted by Crippen LogP contribution is -2.17. The van der Waals surface area contributed by atoms with Crippen LogP contribution in [0.3, 0.4) is 0 Å². The number of hydrogen-bond acceptors (Lipinski definition) is 3. The van der Waals surface area contributed by atoms with Gasteiger partial charge in [0.15, 0.2) is 5.69 Å². The smallest absolute Gasteiger partial charge is 0.358 e. The number of imidazole rings is 1. The summed E-state index contributed by atoms with van der Waals surface area (Å²) in [7, 11) is 1.35. The van der Waals surface area contributed by atoms with Crippen molar-refractivity contribution in [3.8, 4) is 0 Å². The number of aromatic nitrogens is 2. The van der Waals surface area contributed by atoms with Gasteiger partial charge in [-0.2, -0.15) is 0 Å². The summed E-state index contributed by atoms with van der Waals surface area (Å²) < 4.78 is 4.61. The largest absolute Gasteiger partial charge is 0.464 e. The molecule has 0 aliphatic rings. The molecule has 0 saturated heterocycles. The van der Waals surface area contributed by atoms with Crippen LogP contribution in [-0.2, 0) is 10.2 Å². The highest BCUT2D eigenvalue weighted by atomic mass is 16.5. The molecule has 0 saturated carbocycles. The zero-order chi connectivity index (χ0) is 10.1. The van der Waals surface area contributed by atoms with Crippen LogP contribution in [0.15, 0.2) is 6.33 Å². The molecular weight excluding hydrogens is 168 g/mol. The molecule has 0 aliphatic heterocycles. The van der Waals surface area contributed by atoms with Crippen molar-refractivity contribution in [1.29, 1.82) is 0 Å². The van der Waals surface area contributed by atoms with E-state index in [-0.39, 0.29) is 5.41 Å². The Labute approximate surface area is 77.3 Å². The van der Waals surface area contributed by atoms with Crippen molar-refractivity contribution in [3.63, 3.8) is 0 Å².